The van der Waals surface area contributed by atoms with Gasteiger partial charge in [-0.1, -0.05) is 0 Å². The summed E-state index contributed by atoms with van der Waals surface area (Å²) in [6, 6.07) is 18.1. The second-order valence-corrected chi connectivity index (χ2v) is 9.18. The molecular weight excluding hydrogens is 508 g/mol. The number of benzene rings is 2. The second-order valence-electron chi connectivity index (χ2n) is 9.18. The maximum atomic E-state index is 13.0. The number of nitrogens with one attached hydrogen (secondary N) is 2. The number of hydrogen-bond acceptors (Lipinski definition) is 9. The van der Waals surface area contributed by atoms with E-state index in [0.29, 0.717) is 35.2 Å². The first-order valence-corrected chi connectivity index (χ1v) is 13.2. The van der Waals surface area contributed by atoms with E-state index < -0.39 is 0 Å². The van der Waals surface area contributed by atoms with Crippen LogP contribution in [0.3, 0.4) is 0 Å². The van der Waals surface area contributed by atoms with E-state index in [1.807, 2.05) is 42.5 Å². The summed E-state index contributed by atoms with van der Waals surface area (Å²) in [5, 5.41) is 6.11. The highest BCUT2D eigenvalue weighted by atomic mass is 16.5. The largest absolute Gasteiger partial charge is 0.495 e. The van der Waals surface area contributed by atoms with Gasteiger partial charge in [-0.05, 0) is 67.1 Å². The number of ether oxygens (including phenoxy) is 3. The minimum atomic E-state index is -0.255. The van der Waals surface area contributed by atoms with Crippen molar-refractivity contribution in [2.24, 2.45) is 0 Å². The van der Waals surface area contributed by atoms with E-state index >= 15 is 0 Å². The Hall–Kier alpha value is -4.54. The van der Waals surface area contributed by atoms with Gasteiger partial charge in [0.15, 0.2) is 0 Å². The molecule has 206 valence electrons. The van der Waals surface area contributed by atoms with Crippen LogP contribution in [-0.2, 0) is 4.74 Å². The Balaban J connectivity index is 1.18. The van der Waals surface area contributed by atoms with Gasteiger partial charge in [0.25, 0.3) is 5.91 Å². The Labute approximate surface area is 233 Å². The summed E-state index contributed by atoms with van der Waals surface area (Å²) in [5.41, 5.74) is 3.29. The molecule has 0 saturated carbocycles. The topological polar surface area (TPSA) is 111 Å². The summed E-state index contributed by atoms with van der Waals surface area (Å²) >= 11 is 0. The first kappa shape index (κ1) is 27.0. The van der Waals surface area contributed by atoms with Gasteiger partial charge in [-0.2, -0.15) is 0 Å². The summed E-state index contributed by atoms with van der Waals surface area (Å²) in [5.74, 6) is 1.44. The molecule has 0 spiro atoms. The number of carbonyl (C=O) groups is 1. The van der Waals surface area contributed by atoms with Crippen molar-refractivity contribution in [3.63, 3.8) is 0 Å². The maximum absolute atomic E-state index is 13.0. The molecule has 1 aliphatic heterocycles. The van der Waals surface area contributed by atoms with Crippen molar-refractivity contribution >= 4 is 23.2 Å². The molecule has 4 aromatic rings. The lowest BCUT2D eigenvalue weighted by molar-refractivity contribution is 0.0358. The molecule has 40 heavy (non-hydrogen) atoms. The lowest BCUT2D eigenvalue weighted by Crippen LogP contribution is -2.37. The number of aromatic nitrogens is 3. The fraction of sp³-hybridized carbons (Fsp3) is 0.267. The van der Waals surface area contributed by atoms with Crippen LogP contribution in [0, 0.1) is 0 Å². The van der Waals surface area contributed by atoms with E-state index in [0.717, 1.165) is 56.3 Å². The molecule has 2 aromatic heterocycles. The van der Waals surface area contributed by atoms with E-state index in [1.165, 1.54) is 0 Å². The van der Waals surface area contributed by atoms with E-state index in [9.17, 15) is 4.79 Å². The number of carbonyl (C=O) groups excluding carboxylic acids is 1. The molecule has 2 N–H and O–H groups in total. The highest BCUT2D eigenvalue weighted by molar-refractivity contribution is 6.05. The lowest BCUT2D eigenvalue weighted by Gasteiger charge is -2.26. The third-order valence-electron chi connectivity index (χ3n) is 6.42. The number of nitrogens with zero attached hydrogens (tertiary/aromatic N) is 4. The molecule has 0 aliphatic carbocycles. The number of pyridine rings is 1. The van der Waals surface area contributed by atoms with Crippen molar-refractivity contribution in [3.05, 3.63) is 84.8 Å². The minimum Gasteiger partial charge on any atom is -0.495 e. The monoisotopic (exact) mass is 540 g/mol. The Bertz CT molecular complexity index is 1400. The first-order chi connectivity index (χ1) is 19.7. The van der Waals surface area contributed by atoms with Gasteiger partial charge in [-0.15, -0.1) is 0 Å². The van der Waals surface area contributed by atoms with Crippen LogP contribution in [0.25, 0.3) is 11.3 Å². The molecule has 0 bridgehead atoms. The number of methoxy groups -OCH3 is 1. The summed E-state index contributed by atoms with van der Waals surface area (Å²) < 4.78 is 16.7. The van der Waals surface area contributed by atoms with E-state index in [2.05, 4.69) is 30.5 Å². The number of anilines is 3. The third-order valence-corrected chi connectivity index (χ3v) is 6.42. The van der Waals surface area contributed by atoms with Crippen LogP contribution in [0.4, 0.5) is 17.3 Å². The summed E-state index contributed by atoms with van der Waals surface area (Å²) in [4.78, 5) is 28.5. The van der Waals surface area contributed by atoms with Crippen LogP contribution >= 0.6 is 0 Å². The molecule has 0 atom stereocenters. The smallest absolute Gasteiger partial charge is 0.255 e. The molecule has 1 fully saturated rings. The van der Waals surface area contributed by atoms with Crippen LogP contribution in [0.2, 0.25) is 0 Å². The summed E-state index contributed by atoms with van der Waals surface area (Å²) in [6.45, 7) is 5.20. The normalized spacial score (nSPS) is 13.4. The van der Waals surface area contributed by atoms with Crippen LogP contribution in [0.5, 0.6) is 11.5 Å². The number of rotatable bonds is 11. The molecule has 1 amide bonds. The quantitative estimate of drug-likeness (QED) is 0.263. The molecule has 2 aromatic carbocycles. The summed E-state index contributed by atoms with van der Waals surface area (Å²) in [7, 11) is 1.57. The predicted octanol–water partition coefficient (Wildman–Crippen LogP) is 4.64. The number of hydrogen-bond donors (Lipinski definition) is 2. The van der Waals surface area contributed by atoms with Crippen molar-refractivity contribution in [1.82, 2.24) is 19.9 Å². The molecule has 3 heterocycles. The Morgan fingerprint density at radius 3 is 2.67 bits per heavy atom. The van der Waals surface area contributed by atoms with Crippen molar-refractivity contribution < 1.29 is 19.0 Å². The van der Waals surface area contributed by atoms with Gasteiger partial charge < -0.3 is 24.8 Å². The van der Waals surface area contributed by atoms with Gasteiger partial charge in [0.2, 0.25) is 5.95 Å². The fourth-order valence-electron chi connectivity index (χ4n) is 4.30. The second kappa shape index (κ2) is 13.5. The van der Waals surface area contributed by atoms with Crippen LogP contribution in [0.1, 0.15) is 16.8 Å². The zero-order valence-electron chi connectivity index (χ0n) is 22.4. The molecule has 0 radical (unpaired) electrons. The zero-order chi connectivity index (χ0) is 27.6. The molecule has 1 aliphatic rings. The first-order valence-electron chi connectivity index (χ1n) is 13.2. The molecular formula is C30H32N6O4. The predicted molar refractivity (Wildman–Crippen MR) is 153 cm³/mol. The van der Waals surface area contributed by atoms with Crippen LogP contribution in [0.15, 0.2) is 79.3 Å². The van der Waals surface area contributed by atoms with E-state index in [1.54, 1.807) is 43.9 Å². The van der Waals surface area contributed by atoms with Gasteiger partial charge in [0.1, 0.15) is 11.5 Å². The van der Waals surface area contributed by atoms with Crippen LogP contribution in [-0.4, -0.2) is 72.3 Å². The number of morpholine rings is 1. The Morgan fingerprint density at radius 2 is 1.90 bits per heavy atom. The minimum absolute atomic E-state index is 0.255. The molecule has 0 unspecified atom stereocenters. The van der Waals surface area contributed by atoms with Crippen molar-refractivity contribution in [3.8, 4) is 22.8 Å². The molecule has 5 rings (SSSR count). The van der Waals surface area contributed by atoms with Crippen LogP contribution < -0.4 is 20.1 Å². The van der Waals surface area contributed by atoms with Crippen molar-refractivity contribution in [2.45, 2.75) is 6.42 Å². The Kier molecular flexibility index (Phi) is 9.13. The van der Waals surface area contributed by atoms with Crippen molar-refractivity contribution in [2.75, 3.05) is 57.2 Å². The maximum Gasteiger partial charge on any atom is 0.255 e. The zero-order valence-corrected chi connectivity index (χ0v) is 22.4. The van der Waals surface area contributed by atoms with Crippen molar-refractivity contribution in [1.29, 1.82) is 0 Å². The third kappa shape index (κ3) is 7.31. The standard InChI is InChI=1S/C30H32N6O4/c1-38-28-10-5-22(20-27(28)35-30-32-13-11-26(34-30)23-4-2-12-31-21-23)29(37)33-24-6-8-25(9-7-24)40-17-3-14-36-15-18-39-19-16-36/h2,4-13,20-21H,3,14-19H2,1H3,(H,33,37)(H,32,34,35). The van der Waals surface area contributed by atoms with Gasteiger partial charge in [-0.25, -0.2) is 9.97 Å². The summed E-state index contributed by atoms with van der Waals surface area (Å²) in [6.07, 6.45) is 6.06. The van der Waals surface area contributed by atoms with E-state index in [-0.39, 0.29) is 5.91 Å². The number of amides is 1. The molecule has 10 heteroatoms. The molecule has 1 saturated heterocycles. The SMILES string of the molecule is COc1ccc(C(=O)Nc2ccc(OCCCN3CCOCC3)cc2)cc1Nc1nccc(-c2cccnc2)n1. The highest BCUT2D eigenvalue weighted by Gasteiger charge is 2.13. The van der Waals surface area contributed by atoms with Gasteiger partial charge >= 0.3 is 0 Å². The lowest BCUT2D eigenvalue weighted by atomic mass is 10.1. The van der Waals surface area contributed by atoms with Gasteiger partial charge in [0.05, 0.1) is 38.3 Å². The van der Waals surface area contributed by atoms with E-state index in [4.69, 9.17) is 14.2 Å². The molecule has 10 nitrogen and oxygen atoms in total. The van der Waals surface area contributed by atoms with Gasteiger partial charge in [0, 0.05) is 55.0 Å². The average Bonchev–Trinajstić information content (AvgIpc) is 3.01. The average molecular weight is 541 g/mol. The fourth-order valence-corrected chi connectivity index (χ4v) is 4.30. The Morgan fingerprint density at radius 1 is 1.05 bits per heavy atom. The van der Waals surface area contributed by atoms with Gasteiger partial charge in [-0.3, -0.25) is 14.7 Å². The highest BCUT2D eigenvalue weighted by Crippen LogP contribution is 2.29.